The molecule has 0 saturated carbocycles. The van der Waals surface area contributed by atoms with Gasteiger partial charge in [-0.2, -0.15) is 0 Å². The molecule has 1 unspecified atom stereocenters. The van der Waals surface area contributed by atoms with Gasteiger partial charge in [0, 0.05) is 34.6 Å². The number of benzene rings is 2. The highest BCUT2D eigenvalue weighted by Gasteiger charge is 2.21. The quantitative estimate of drug-likeness (QED) is 0.525. The van der Waals surface area contributed by atoms with Crippen LogP contribution >= 0.6 is 11.6 Å². The summed E-state index contributed by atoms with van der Waals surface area (Å²) >= 11 is 6.46. The van der Waals surface area contributed by atoms with E-state index in [1.165, 1.54) is 6.26 Å². The number of carbonyl (C=O) groups is 1. The largest absolute Gasteiger partial charge is 0.459 e. The Balaban J connectivity index is 1.70. The Morgan fingerprint density at radius 1 is 1.04 bits per heavy atom. The summed E-state index contributed by atoms with van der Waals surface area (Å²) in [5, 5.41) is 4.75. The van der Waals surface area contributed by atoms with E-state index in [0.29, 0.717) is 17.3 Å². The Morgan fingerprint density at radius 2 is 1.85 bits per heavy atom. The zero-order valence-corrected chi connectivity index (χ0v) is 14.7. The van der Waals surface area contributed by atoms with Gasteiger partial charge in [0.1, 0.15) is 0 Å². The van der Waals surface area contributed by atoms with E-state index in [2.05, 4.69) is 16.4 Å². The first-order valence-corrected chi connectivity index (χ1v) is 8.74. The minimum Gasteiger partial charge on any atom is -0.459 e. The molecule has 0 saturated heterocycles. The number of nitrogens with one attached hydrogen (secondary N) is 2. The summed E-state index contributed by atoms with van der Waals surface area (Å²) in [5.74, 6) is -0.0347. The van der Waals surface area contributed by atoms with Crippen LogP contribution in [0.4, 0.5) is 0 Å². The zero-order chi connectivity index (χ0) is 17.9. The lowest BCUT2D eigenvalue weighted by molar-refractivity contribution is 0.0925. The molecule has 2 heterocycles. The van der Waals surface area contributed by atoms with Gasteiger partial charge in [0.25, 0.3) is 5.91 Å². The predicted octanol–water partition coefficient (Wildman–Crippen LogP) is 4.98. The van der Waals surface area contributed by atoms with Crippen molar-refractivity contribution in [2.45, 2.75) is 5.92 Å². The molecule has 1 atom stereocenters. The van der Waals surface area contributed by atoms with Gasteiger partial charge in [-0.25, -0.2) is 0 Å². The number of hydrogen-bond acceptors (Lipinski definition) is 2. The topological polar surface area (TPSA) is 58.0 Å². The molecular weight excluding hydrogens is 348 g/mol. The van der Waals surface area contributed by atoms with Gasteiger partial charge >= 0.3 is 0 Å². The van der Waals surface area contributed by atoms with Crippen LogP contribution in [0, 0.1) is 0 Å². The van der Waals surface area contributed by atoms with E-state index in [4.69, 9.17) is 16.0 Å². The normalized spacial score (nSPS) is 12.2. The lowest BCUT2D eigenvalue weighted by Crippen LogP contribution is -2.28. The number of rotatable bonds is 5. The van der Waals surface area contributed by atoms with Crippen LogP contribution < -0.4 is 5.32 Å². The number of aromatic nitrogens is 1. The van der Waals surface area contributed by atoms with Gasteiger partial charge in [-0.3, -0.25) is 4.79 Å². The molecule has 130 valence electrons. The number of hydrogen-bond donors (Lipinski definition) is 2. The molecular formula is C21H17ClN2O2. The van der Waals surface area contributed by atoms with E-state index in [9.17, 15) is 4.79 Å². The summed E-state index contributed by atoms with van der Waals surface area (Å²) in [6.07, 6.45) is 3.47. The van der Waals surface area contributed by atoms with Crippen molar-refractivity contribution in [1.29, 1.82) is 0 Å². The minimum absolute atomic E-state index is 0.0845. The van der Waals surface area contributed by atoms with Crippen LogP contribution in [0.1, 0.15) is 27.6 Å². The monoisotopic (exact) mass is 364 g/mol. The summed E-state index contributed by atoms with van der Waals surface area (Å²) < 4.78 is 5.17. The molecule has 0 radical (unpaired) electrons. The summed E-state index contributed by atoms with van der Waals surface area (Å²) in [4.78, 5) is 15.6. The second kappa shape index (κ2) is 7.10. The highest BCUT2D eigenvalue weighted by molar-refractivity contribution is 6.31. The number of H-pyrrole nitrogens is 1. The number of halogens is 1. The smallest absolute Gasteiger partial charge is 0.287 e. The van der Waals surface area contributed by atoms with Crippen molar-refractivity contribution < 1.29 is 9.21 Å². The molecule has 2 aromatic heterocycles. The zero-order valence-electron chi connectivity index (χ0n) is 13.9. The molecule has 0 spiro atoms. The summed E-state index contributed by atoms with van der Waals surface area (Å²) in [7, 11) is 0. The standard InChI is InChI=1S/C21H17ClN2O2/c22-18-8-3-1-6-14(18)16(13-24-21(25)20-10-5-11-26-20)17-12-23-19-9-4-2-7-15(17)19/h1-12,16,23H,13H2,(H,24,25). The predicted molar refractivity (Wildman–Crippen MR) is 103 cm³/mol. The second-order valence-corrected chi connectivity index (χ2v) is 6.46. The maximum absolute atomic E-state index is 12.3. The number of amides is 1. The number of para-hydroxylation sites is 1. The molecule has 0 aliphatic rings. The number of furan rings is 1. The lowest BCUT2D eigenvalue weighted by Gasteiger charge is -2.19. The third-order valence-electron chi connectivity index (χ3n) is 4.49. The molecule has 4 rings (SSSR count). The van der Waals surface area contributed by atoms with Gasteiger partial charge in [0.2, 0.25) is 0 Å². The van der Waals surface area contributed by atoms with Crippen molar-refractivity contribution in [3.63, 3.8) is 0 Å². The SMILES string of the molecule is O=C(NCC(c1ccccc1Cl)c1c[nH]c2ccccc12)c1ccco1. The molecule has 0 aliphatic carbocycles. The first-order valence-electron chi connectivity index (χ1n) is 8.36. The van der Waals surface area contributed by atoms with Crippen molar-refractivity contribution >= 4 is 28.4 Å². The van der Waals surface area contributed by atoms with Crippen LogP contribution in [0.3, 0.4) is 0 Å². The van der Waals surface area contributed by atoms with Gasteiger partial charge in [-0.1, -0.05) is 48.0 Å². The van der Waals surface area contributed by atoms with E-state index in [1.54, 1.807) is 12.1 Å². The van der Waals surface area contributed by atoms with Crippen LogP contribution in [0.2, 0.25) is 5.02 Å². The fourth-order valence-electron chi connectivity index (χ4n) is 3.22. The molecule has 0 bridgehead atoms. The highest BCUT2D eigenvalue weighted by Crippen LogP contribution is 2.34. The molecule has 2 N–H and O–H groups in total. The Morgan fingerprint density at radius 3 is 2.65 bits per heavy atom. The van der Waals surface area contributed by atoms with Crippen molar-refractivity contribution in [2.24, 2.45) is 0 Å². The van der Waals surface area contributed by atoms with E-state index in [-0.39, 0.29) is 11.8 Å². The van der Waals surface area contributed by atoms with Crippen molar-refractivity contribution in [3.05, 3.63) is 95.0 Å². The molecule has 1 amide bonds. The lowest BCUT2D eigenvalue weighted by atomic mass is 9.90. The van der Waals surface area contributed by atoms with Crippen LogP contribution in [-0.2, 0) is 0 Å². The van der Waals surface area contributed by atoms with Gasteiger partial charge in [0.15, 0.2) is 5.76 Å². The Bertz CT molecular complexity index is 1040. The fourth-order valence-corrected chi connectivity index (χ4v) is 3.48. The molecule has 2 aromatic carbocycles. The number of aromatic amines is 1. The summed E-state index contributed by atoms with van der Waals surface area (Å²) in [6.45, 7) is 0.408. The minimum atomic E-state index is -0.244. The van der Waals surface area contributed by atoms with Crippen LogP contribution in [0.25, 0.3) is 10.9 Å². The summed E-state index contributed by atoms with van der Waals surface area (Å²) in [5.41, 5.74) is 3.11. The van der Waals surface area contributed by atoms with Gasteiger partial charge in [0.05, 0.1) is 6.26 Å². The Hall–Kier alpha value is -2.98. The molecule has 0 fully saturated rings. The van der Waals surface area contributed by atoms with Crippen LogP contribution in [-0.4, -0.2) is 17.4 Å². The van der Waals surface area contributed by atoms with Gasteiger partial charge in [-0.15, -0.1) is 0 Å². The maximum atomic E-state index is 12.3. The van der Waals surface area contributed by atoms with Gasteiger partial charge < -0.3 is 14.7 Å². The summed E-state index contributed by atoms with van der Waals surface area (Å²) in [6, 6.07) is 19.2. The second-order valence-electron chi connectivity index (χ2n) is 6.05. The molecule has 4 aromatic rings. The van der Waals surface area contributed by atoms with Crippen molar-refractivity contribution in [1.82, 2.24) is 10.3 Å². The van der Waals surface area contributed by atoms with Crippen LogP contribution in [0.15, 0.2) is 77.5 Å². The molecule has 4 nitrogen and oxygen atoms in total. The Kier molecular flexibility index (Phi) is 4.50. The first-order chi connectivity index (χ1) is 12.7. The molecule has 0 aliphatic heterocycles. The van der Waals surface area contributed by atoms with Gasteiger partial charge in [-0.05, 0) is 35.4 Å². The van der Waals surface area contributed by atoms with E-state index >= 15 is 0 Å². The van der Waals surface area contributed by atoms with Crippen molar-refractivity contribution in [3.8, 4) is 0 Å². The van der Waals surface area contributed by atoms with E-state index < -0.39 is 0 Å². The Labute approximate surface area is 155 Å². The van der Waals surface area contributed by atoms with Crippen molar-refractivity contribution in [2.75, 3.05) is 6.54 Å². The maximum Gasteiger partial charge on any atom is 0.287 e. The van der Waals surface area contributed by atoms with E-state index in [0.717, 1.165) is 22.0 Å². The average molecular weight is 365 g/mol. The molecule has 26 heavy (non-hydrogen) atoms. The first kappa shape index (κ1) is 16.5. The average Bonchev–Trinajstić information content (AvgIpc) is 3.33. The number of carbonyl (C=O) groups excluding carboxylic acids is 1. The highest BCUT2D eigenvalue weighted by atomic mass is 35.5. The third-order valence-corrected chi connectivity index (χ3v) is 4.83. The molecule has 5 heteroatoms. The van der Waals surface area contributed by atoms with E-state index in [1.807, 2.05) is 48.7 Å². The number of fused-ring (bicyclic) bond motifs is 1. The fraction of sp³-hybridized carbons (Fsp3) is 0.0952. The third kappa shape index (κ3) is 3.11. The van der Waals surface area contributed by atoms with Crippen LogP contribution in [0.5, 0.6) is 0 Å².